The van der Waals surface area contributed by atoms with Gasteiger partial charge in [0.1, 0.15) is 0 Å². The lowest BCUT2D eigenvalue weighted by Crippen LogP contribution is -2.21. The average molecular weight is 341 g/mol. The number of halogens is 1. The lowest BCUT2D eigenvalue weighted by atomic mass is 10.2. The van der Waals surface area contributed by atoms with E-state index in [0.29, 0.717) is 6.04 Å². The van der Waals surface area contributed by atoms with Crippen LogP contribution in [0.5, 0.6) is 0 Å². The van der Waals surface area contributed by atoms with Crippen molar-refractivity contribution in [3.05, 3.63) is 45.8 Å². The molecular formula is C13H16IN3. The largest absolute Gasteiger partial charge is 0.310 e. The highest BCUT2D eigenvalue weighted by Crippen LogP contribution is 2.11. The van der Waals surface area contributed by atoms with Gasteiger partial charge in [0.25, 0.3) is 0 Å². The van der Waals surface area contributed by atoms with Gasteiger partial charge in [-0.05, 0) is 40.3 Å². The Labute approximate surface area is 115 Å². The van der Waals surface area contributed by atoms with Crippen LogP contribution in [0.4, 0.5) is 0 Å². The van der Waals surface area contributed by atoms with E-state index in [1.807, 2.05) is 17.1 Å². The predicted molar refractivity (Wildman–Crippen MR) is 78.3 cm³/mol. The molecule has 17 heavy (non-hydrogen) atoms. The molecule has 0 fully saturated rings. The van der Waals surface area contributed by atoms with Crippen molar-refractivity contribution in [1.29, 1.82) is 0 Å². The number of hydrogen-bond donors (Lipinski definition) is 1. The molecule has 1 N–H and O–H groups in total. The van der Waals surface area contributed by atoms with Crippen molar-refractivity contribution in [1.82, 2.24) is 15.1 Å². The summed E-state index contributed by atoms with van der Waals surface area (Å²) in [5, 5.41) is 7.68. The molecule has 1 heterocycles. The van der Waals surface area contributed by atoms with Crippen LogP contribution in [0.1, 0.15) is 19.4 Å². The molecule has 90 valence electrons. The molecule has 3 nitrogen and oxygen atoms in total. The molecule has 0 radical (unpaired) electrons. The maximum atomic E-state index is 4.28. The summed E-state index contributed by atoms with van der Waals surface area (Å²) in [4.78, 5) is 0. The molecule has 2 aromatic rings. The summed E-state index contributed by atoms with van der Waals surface area (Å²) >= 11 is 2.26. The number of nitrogens with zero attached hydrogens (tertiary/aromatic N) is 2. The first-order valence-electron chi connectivity index (χ1n) is 5.68. The van der Waals surface area contributed by atoms with E-state index in [1.165, 1.54) is 5.56 Å². The van der Waals surface area contributed by atoms with Crippen LogP contribution < -0.4 is 5.32 Å². The lowest BCUT2D eigenvalue weighted by molar-refractivity contribution is 0.589. The van der Waals surface area contributed by atoms with Crippen molar-refractivity contribution in [2.24, 2.45) is 0 Å². The molecule has 0 atom stereocenters. The average Bonchev–Trinajstić information content (AvgIpc) is 2.74. The first kappa shape index (κ1) is 12.6. The Morgan fingerprint density at radius 1 is 1.29 bits per heavy atom. The SMILES string of the molecule is CC(C)NCc1ccc(-n2cc(I)cn2)cc1. The molecule has 0 saturated heterocycles. The molecule has 0 unspecified atom stereocenters. The van der Waals surface area contributed by atoms with Crippen LogP contribution in [-0.4, -0.2) is 15.8 Å². The van der Waals surface area contributed by atoms with Gasteiger partial charge < -0.3 is 5.32 Å². The van der Waals surface area contributed by atoms with Crippen LogP contribution in [0, 0.1) is 3.57 Å². The Kier molecular flexibility index (Phi) is 4.17. The zero-order valence-corrected chi connectivity index (χ0v) is 12.2. The van der Waals surface area contributed by atoms with Crippen molar-refractivity contribution in [2.45, 2.75) is 26.4 Å². The number of hydrogen-bond acceptors (Lipinski definition) is 2. The fourth-order valence-corrected chi connectivity index (χ4v) is 1.92. The number of rotatable bonds is 4. The standard InChI is InChI=1S/C13H16IN3/c1-10(2)15-7-11-3-5-13(6-4-11)17-9-12(14)8-16-17/h3-6,8-10,15H,7H2,1-2H3. The highest BCUT2D eigenvalue weighted by Gasteiger charge is 1.99. The second kappa shape index (κ2) is 5.64. The van der Waals surface area contributed by atoms with Gasteiger partial charge in [-0.25, -0.2) is 4.68 Å². The van der Waals surface area contributed by atoms with E-state index in [0.717, 1.165) is 15.8 Å². The van der Waals surface area contributed by atoms with E-state index < -0.39 is 0 Å². The number of nitrogens with one attached hydrogen (secondary N) is 1. The van der Waals surface area contributed by atoms with Crippen LogP contribution >= 0.6 is 22.6 Å². The Morgan fingerprint density at radius 3 is 2.53 bits per heavy atom. The molecule has 0 saturated carbocycles. The van der Waals surface area contributed by atoms with Gasteiger partial charge in [-0.2, -0.15) is 5.10 Å². The number of benzene rings is 1. The van der Waals surface area contributed by atoms with Crippen LogP contribution in [0.2, 0.25) is 0 Å². The molecule has 0 bridgehead atoms. The highest BCUT2D eigenvalue weighted by molar-refractivity contribution is 14.1. The zero-order chi connectivity index (χ0) is 12.3. The summed E-state index contributed by atoms with van der Waals surface area (Å²) in [6, 6.07) is 8.99. The minimum absolute atomic E-state index is 0.516. The first-order valence-corrected chi connectivity index (χ1v) is 6.76. The minimum Gasteiger partial charge on any atom is -0.310 e. The lowest BCUT2D eigenvalue weighted by Gasteiger charge is -2.08. The number of aromatic nitrogens is 2. The third kappa shape index (κ3) is 3.54. The monoisotopic (exact) mass is 341 g/mol. The fourth-order valence-electron chi connectivity index (χ4n) is 1.53. The van der Waals surface area contributed by atoms with E-state index in [1.54, 1.807) is 0 Å². The smallest absolute Gasteiger partial charge is 0.0646 e. The summed E-state index contributed by atoms with van der Waals surface area (Å²) in [5.41, 5.74) is 2.39. The molecule has 1 aromatic carbocycles. The van der Waals surface area contributed by atoms with Crippen molar-refractivity contribution in [3.63, 3.8) is 0 Å². The molecule has 1 aromatic heterocycles. The normalized spacial score (nSPS) is 11.1. The zero-order valence-electron chi connectivity index (χ0n) is 10.0. The van der Waals surface area contributed by atoms with E-state index in [9.17, 15) is 0 Å². The van der Waals surface area contributed by atoms with Crippen molar-refractivity contribution < 1.29 is 0 Å². The third-order valence-electron chi connectivity index (χ3n) is 2.47. The summed E-state index contributed by atoms with van der Waals surface area (Å²) in [5.74, 6) is 0. The van der Waals surface area contributed by atoms with Crippen LogP contribution in [0.3, 0.4) is 0 Å². The Morgan fingerprint density at radius 2 is 2.00 bits per heavy atom. The molecular weight excluding hydrogens is 325 g/mol. The third-order valence-corrected chi connectivity index (χ3v) is 3.02. The molecule has 2 rings (SSSR count). The summed E-state index contributed by atoms with van der Waals surface area (Å²) < 4.78 is 3.04. The van der Waals surface area contributed by atoms with Gasteiger partial charge in [-0.1, -0.05) is 26.0 Å². The second-order valence-corrected chi connectivity index (χ2v) is 5.55. The van der Waals surface area contributed by atoms with E-state index in [4.69, 9.17) is 0 Å². The van der Waals surface area contributed by atoms with E-state index in [-0.39, 0.29) is 0 Å². The molecule has 0 aliphatic rings. The minimum atomic E-state index is 0.516. The summed E-state index contributed by atoms with van der Waals surface area (Å²) in [6.45, 7) is 5.22. The van der Waals surface area contributed by atoms with Crippen molar-refractivity contribution >= 4 is 22.6 Å². The highest BCUT2D eigenvalue weighted by atomic mass is 127. The summed E-state index contributed by atoms with van der Waals surface area (Å²) in [6.07, 6.45) is 3.87. The van der Waals surface area contributed by atoms with E-state index in [2.05, 4.69) is 71.1 Å². The molecule has 0 aliphatic heterocycles. The quantitative estimate of drug-likeness (QED) is 0.867. The second-order valence-electron chi connectivity index (χ2n) is 4.31. The Hall–Kier alpha value is -0.880. The van der Waals surface area contributed by atoms with E-state index >= 15 is 0 Å². The van der Waals surface area contributed by atoms with Gasteiger partial charge in [0, 0.05) is 18.8 Å². The molecule has 0 spiro atoms. The first-order chi connectivity index (χ1) is 8.15. The molecule has 0 aliphatic carbocycles. The van der Waals surface area contributed by atoms with Crippen LogP contribution in [0.15, 0.2) is 36.7 Å². The van der Waals surface area contributed by atoms with Gasteiger partial charge in [-0.3, -0.25) is 0 Å². The molecule has 0 amide bonds. The van der Waals surface area contributed by atoms with Gasteiger partial charge >= 0.3 is 0 Å². The van der Waals surface area contributed by atoms with Gasteiger partial charge in [0.15, 0.2) is 0 Å². The van der Waals surface area contributed by atoms with Crippen molar-refractivity contribution in [3.8, 4) is 5.69 Å². The van der Waals surface area contributed by atoms with Crippen LogP contribution in [-0.2, 0) is 6.54 Å². The molecule has 4 heteroatoms. The van der Waals surface area contributed by atoms with Gasteiger partial charge in [-0.15, -0.1) is 0 Å². The maximum absolute atomic E-state index is 4.28. The Bertz CT molecular complexity index is 474. The summed E-state index contributed by atoms with van der Waals surface area (Å²) in [7, 11) is 0. The van der Waals surface area contributed by atoms with Gasteiger partial charge in [0.05, 0.1) is 15.5 Å². The fraction of sp³-hybridized carbons (Fsp3) is 0.308. The predicted octanol–water partition coefficient (Wildman–Crippen LogP) is 2.97. The van der Waals surface area contributed by atoms with Gasteiger partial charge in [0.2, 0.25) is 0 Å². The van der Waals surface area contributed by atoms with Crippen molar-refractivity contribution in [2.75, 3.05) is 0 Å². The topological polar surface area (TPSA) is 29.9 Å². The maximum Gasteiger partial charge on any atom is 0.0646 e. The van der Waals surface area contributed by atoms with Crippen LogP contribution in [0.25, 0.3) is 5.69 Å². The Balaban J connectivity index is 2.07.